The second-order valence-electron chi connectivity index (χ2n) is 4.81. The SMILES string of the molecule is O=C(CCNC(=O)c1ccoc1)NCC1CC(O)C1. The molecule has 1 saturated carbocycles. The molecule has 0 aromatic carbocycles. The van der Waals surface area contributed by atoms with Gasteiger partial charge in [0.25, 0.3) is 5.91 Å². The van der Waals surface area contributed by atoms with Crippen molar-refractivity contribution in [3.8, 4) is 0 Å². The Bertz CT molecular complexity index is 424. The van der Waals surface area contributed by atoms with E-state index in [9.17, 15) is 9.59 Å². The molecule has 1 aromatic rings. The van der Waals surface area contributed by atoms with Crippen molar-refractivity contribution in [3.63, 3.8) is 0 Å². The Labute approximate surface area is 111 Å². The summed E-state index contributed by atoms with van der Waals surface area (Å²) in [6.45, 7) is 0.898. The Kier molecular flexibility index (Phi) is 4.57. The van der Waals surface area contributed by atoms with Crippen molar-refractivity contribution >= 4 is 11.8 Å². The molecule has 0 aliphatic heterocycles. The fraction of sp³-hybridized carbons (Fsp3) is 0.538. The molecule has 1 aliphatic rings. The minimum absolute atomic E-state index is 0.0890. The fourth-order valence-electron chi connectivity index (χ4n) is 2.00. The second kappa shape index (κ2) is 6.38. The molecule has 0 bridgehead atoms. The van der Waals surface area contributed by atoms with E-state index < -0.39 is 0 Å². The number of furan rings is 1. The predicted molar refractivity (Wildman–Crippen MR) is 67.4 cm³/mol. The van der Waals surface area contributed by atoms with Gasteiger partial charge in [-0.1, -0.05) is 0 Å². The predicted octanol–water partition coefficient (Wildman–Crippen LogP) is 0.287. The summed E-state index contributed by atoms with van der Waals surface area (Å²) in [5, 5.41) is 14.5. The monoisotopic (exact) mass is 266 g/mol. The van der Waals surface area contributed by atoms with Crippen LogP contribution in [0.3, 0.4) is 0 Å². The first-order valence-electron chi connectivity index (χ1n) is 6.40. The first kappa shape index (κ1) is 13.6. The van der Waals surface area contributed by atoms with Gasteiger partial charge < -0.3 is 20.2 Å². The molecule has 6 heteroatoms. The highest BCUT2D eigenvalue weighted by atomic mass is 16.3. The quantitative estimate of drug-likeness (QED) is 0.690. The highest BCUT2D eigenvalue weighted by molar-refractivity contribution is 5.93. The van der Waals surface area contributed by atoms with E-state index in [2.05, 4.69) is 10.6 Å². The molecule has 0 radical (unpaired) electrons. The van der Waals surface area contributed by atoms with Crippen LogP contribution in [-0.2, 0) is 4.79 Å². The van der Waals surface area contributed by atoms with Crippen molar-refractivity contribution in [2.75, 3.05) is 13.1 Å². The lowest BCUT2D eigenvalue weighted by Crippen LogP contribution is -2.39. The summed E-state index contributed by atoms with van der Waals surface area (Å²) >= 11 is 0. The van der Waals surface area contributed by atoms with Crippen LogP contribution in [0.2, 0.25) is 0 Å². The number of amides is 2. The van der Waals surface area contributed by atoms with Crippen LogP contribution in [0.1, 0.15) is 29.6 Å². The van der Waals surface area contributed by atoms with Gasteiger partial charge in [-0.25, -0.2) is 0 Å². The van der Waals surface area contributed by atoms with Gasteiger partial charge in [0.1, 0.15) is 6.26 Å². The lowest BCUT2D eigenvalue weighted by Gasteiger charge is -2.31. The Morgan fingerprint density at radius 3 is 2.79 bits per heavy atom. The van der Waals surface area contributed by atoms with Crippen LogP contribution in [-0.4, -0.2) is 36.1 Å². The Morgan fingerprint density at radius 2 is 2.16 bits per heavy atom. The highest BCUT2D eigenvalue weighted by Gasteiger charge is 2.26. The molecular formula is C13H18N2O4. The number of hydrogen-bond acceptors (Lipinski definition) is 4. The number of aliphatic hydroxyl groups is 1. The largest absolute Gasteiger partial charge is 0.472 e. The van der Waals surface area contributed by atoms with Crippen molar-refractivity contribution in [2.45, 2.75) is 25.4 Å². The number of rotatable bonds is 6. The molecule has 2 rings (SSSR count). The molecule has 3 N–H and O–H groups in total. The van der Waals surface area contributed by atoms with Crippen molar-refractivity contribution < 1.29 is 19.1 Å². The van der Waals surface area contributed by atoms with Crippen molar-refractivity contribution in [1.29, 1.82) is 0 Å². The van der Waals surface area contributed by atoms with E-state index in [1.54, 1.807) is 6.07 Å². The summed E-state index contributed by atoms with van der Waals surface area (Å²) in [7, 11) is 0. The van der Waals surface area contributed by atoms with Crippen molar-refractivity contribution in [2.24, 2.45) is 5.92 Å². The van der Waals surface area contributed by atoms with E-state index in [0.717, 1.165) is 12.8 Å². The maximum atomic E-state index is 11.5. The van der Waals surface area contributed by atoms with E-state index in [1.165, 1.54) is 12.5 Å². The average Bonchev–Trinajstić information content (AvgIpc) is 2.87. The van der Waals surface area contributed by atoms with Gasteiger partial charge in [-0.3, -0.25) is 9.59 Å². The summed E-state index contributed by atoms with van der Waals surface area (Å²) in [5.41, 5.74) is 0.448. The fourth-order valence-corrected chi connectivity index (χ4v) is 2.00. The Morgan fingerprint density at radius 1 is 1.37 bits per heavy atom. The molecule has 0 spiro atoms. The molecule has 6 nitrogen and oxygen atoms in total. The summed E-state index contributed by atoms with van der Waals surface area (Å²) in [4.78, 5) is 23.0. The lowest BCUT2D eigenvalue weighted by atomic mass is 9.82. The molecule has 1 fully saturated rings. The number of aliphatic hydroxyl groups excluding tert-OH is 1. The van der Waals surface area contributed by atoms with Crippen molar-refractivity contribution in [3.05, 3.63) is 24.2 Å². The van der Waals surface area contributed by atoms with Crippen LogP contribution in [0.4, 0.5) is 0 Å². The third-order valence-corrected chi connectivity index (χ3v) is 3.22. The minimum atomic E-state index is -0.247. The Balaban J connectivity index is 1.55. The van der Waals surface area contributed by atoms with Gasteiger partial charge in [0.15, 0.2) is 0 Å². The van der Waals surface area contributed by atoms with Crippen LogP contribution in [0.15, 0.2) is 23.0 Å². The maximum Gasteiger partial charge on any atom is 0.254 e. The molecule has 0 unspecified atom stereocenters. The maximum absolute atomic E-state index is 11.5. The van der Waals surface area contributed by atoms with Gasteiger partial charge in [-0.15, -0.1) is 0 Å². The first-order chi connectivity index (χ1) is 9.15. The molecule has 1 heterocycles. The van der Waals surface area contributed by atoms with E-state index in [1.807, 2.05) is 0 Å². The number of carbonyl (C=O) groups excluding carboxylic acids is 2. The van der Waals surface area contributed by atoms with Crippen LogP contribution >= 0.6 is 0 Å². The zero-order valence-corrected chi connectivity index (χ0v) is 10.6. The molecule has 0 atom stereocenters. The van der Waals surface area contributed by atoms with Crippen LogP contribution in [0, 0.1) is 5.92 Å². The molecule has 2 amide bonds. The number of carbonyl (C=O) groups is 2. The van der Waals surface area contributed by atoms with E-state index >= 15 is 0 Å². The van der Waals surface area contributed by atoms with E-state index in [-0.39, 0.29) is 24.3 Å². The van der Waals surface area contributed by atoms with E-state index in [4.69, 9.17) is 9.52 Å². The van der Waals surface area contributed by atoms with Gasteiger partial charge in [-0.2, -0.15) is 0 Å². The molecule has 1 aromatic heterocycles. The standard InChI is InChI=1S/C13H18N2O4/c16-11-5-9(6-11)7-15-12(17)1-3-14-13(18)10-2-4-19-8-10/h2,4,8-9,11,16H,1,3,5-7H2,(H,14,18)(H,15,17). The molecule has 104 valence electrons. The van der Waals surface area contributed by atoms with Gasteiger partial charge in [-0.05, 0) is 24.8 Å². The van der Waals surface area contributed by atoms with Gasteiger partial charge in [0.05, 0.1) is 17.9 Å². The van der Waals surface area contributed by atoms with E-state index in [0.29, 0.717) is 24.6 Å². The summed E-state index contributed by atoms with van der Waals surface area (Å²) in [5.74, 6) is 0.0528. The third-order valence-electron chi connectivity index (χ3n) is 3.22. The topological polar surface area (TPSA) is 91.6 Å². The normalized spacial score (nSPS) is 21.5. The molecule has 0 saturated heterocycles. The van der Waals surface area contributed by atoms with Gasteiger partial charge >= 0.3 is 0 Å². The van der Waals surface area contributed by atoms with Crippen LogP contribution in [0.25, 0.3) is 0 Å². The molecule has 1 aliphatic carbocycles. The van der Waals surface area contributed by atoms with Crippen molar-refractivity contribution in [1.82, 2.24) is 10.6 Å². The third kappa shape index (κ3) is 4.10. The molecule has 19 heavy (non-hydrogen) atoms. The van der Waals surface area contributed by atoms with Gasteiger partial charge in [0, 0.05) is 19.5 Å². The number of nitrogens with one attached hydrogen (secondary N) is 2. The summed E-state index contributed by atoms with van der Waals surface area (Å²) < 4.78 is 4.79. The van der Waals surface area contributed by atoms with Crippen LogP contribution < -0.4 is 10.6 Å². The minimum Gasteiger partial charge on any atom is -0.472 e. The average molecular weight is 266 g/mol. The smallest absolute Gasteiger partial charge is 0.254 e. The number of hydrogen-bond donors (Lipinski definition) is 3. The van der Waals surface area contributed by atoms with Crippen LogP contribution in [0.5, 0.6) is 0 Å². The highest BCUT2D eigenvalue weighted by Crippen LogP contribution is 2.25. The van der Waals surface area contributed by atoms with Gasteiger partial charge in [0.2, 0.25) is 5.91 Å². The zero-order chi connectivity index (χ0) is 13.7. The first-order valence-corrected chi connectivity index (χ1v) is 6.40. The second-order valence-corrected chi connectivity index (χ2v) is 4.81. The lowest BCUT2D eigenvalue weighted by molar-refractivity contribution is -0.121. The zero-order valence-electron chi connectivity index (χ0n) is 10.6. The Hall–Kier alpha value is -1.82. The summed E-state index contributed by atoms with van der Waals surface area (Å²) in [6.07, 6.45) is 4.36. The summed E-state index contributed by atoms with van der Waals surface area (Å²) in [6, 6.07) is 1.57. The molecular weight excluding hydrogens is 248 g/mol.